The number of hydrogen-bond donors (Lipinski definition) is 3. The number of para-hydroxylation sites is 1. The van der Waals surface area contributed by atoms with E-state index in [-0.39, 0.29) is 43.2 Å². The summed E-state index contributed by atoms with van der Waals surface area (Å²) in [7, 11) is -3.77. The highest BCUT2D eigenvalue weighted by Crippen LogP contribution is 2.45. The molecular formula is C33H36ClN5O7S. The van der Waals surface area contributed by atoms with Crippen molar-refractivity contribution in [2.75, 3.05) is 6.54 Å². The molecule has 4 aromatic rings. The van der Waals surface area contributed by atoms with Crippen LogP contribution < -0.4 is 24.8 Å². The van der Waals surface area contributed by atoms with Gasteiger partial charge in [-0.3, -0.25) is 14.3 Å². The van der Waals surface area contributed by atoms with Gasteiger partial charge in [-0.1, -0.05) is 18.2 Å². The molecule has 12 nitrogen and oxygen atoms in total. The lowest BCUT2D eigenvalue weighted by Gasteiger charge is -2.21. The Morgan fingerprint density at radius 2 is 1.87 bits per heavy atom. The van der Waals surface area contributed by atoms with Crippen molar-refractivity contribution in [3.8, 4) is 23.0 Å². The van der Waals surface area contributed by atoms with Crippen LogP contribution in [-0.2, 0) is 19.6 Å². The predicted octanol–water partition coefficient (Wildman–Crippen LogP) is 4.03. The minimum absolute atomic E-state index is 0. The van der Waals surface area contributed by atoms with Crippen molar-refractivity contribution < 1.29 is 31.9 Å². The number of ether oxygens (including phenoxy) is 2. The third-order valence-corrected chi connectivity index (χ3v) is 10.4. The van der Waals surface area contributed by atoms with Crippen molar-refractivity contribution in [1.29, 1.82) is 0 Å². The summed E-state index contributed by atoms with van der Waals surface area (Å²) in [6.07, 6.45) is 2.76. The minimum Gasteiger partial charge on any atom is -0.491 e. The number of sulfonamides is 1. The molecular weight excluding hydrogens is 646 g/mol. The van der Waals surface area contributed by atoms with Gasteiger partial charge >= 0.3 is 0 Å². The summed E-state index contributed by atoms with van der Waals surface area (Å²) in [6.45, 7) is 8.01. The molecule has 2 aromatic heterocycles. The Morgan fingerprint density at radius 1 is 1.13 bits per heavy atom. The van der Waals surface area contributed by atoms with E-state index in [0.717, 1.165) is 16.7 Å². The van der Waals surface area contributed by atoms with Crippen LogP contribution in [0.3, 0.4) is 0 Å². The van der Waals surface area contributed by atoms with Crippen LogP contribution in [0, 0.1) is 5.92 Å². The van der Waals surface area contributed by atoms with Crippen molar-refractivity contribution in [3.05, 3.63) is 61.2 Å². The quantitative estimate of drug-likeness (QED) is 0.197. The maximum Gasteiger partial charge on any atom is 0.262 e. The summed E-state index contributed by atoms with van der Waals surface area (Å²) < 4.78 is 45.3. The molecule has 1 unspecified atom stereocenters. The molecule has 2 amide bonds. The van der Waals surface area contributed by atoms with Gasteiger partial charge in [0.1, 0.15) is 28.5 Å². The summed E-state index contributed by atoms with van der Waals surface area (Å²) in [5, 5.41) is 6.24. The third kappa shape index (κ3) is 6.39. The summed E-state index contributed by atoms with van der Waals surface area (Å²) in [5.41, 5.74) is 1.07. The number of nitrogens with one attached hydrogen (secondary N) is 3. The fraction of sp³-hybridized carbons (Fsp3) is 0.394. The molecule has 3 heterocycles. The molecule has 7 rings (SSSR count). The van der Waals surface area contributed by atoms with E-state index in [9.17, 15) is 18.0 Å². The zero-order valence-corrected chi connectivity index (χ0v) is 27.5. The number of nitrogens with zero attached hydrogens (tertiary/aromatic N) is 2. The van der Waals surface area contributed by atoms with Gasteiger partial charge in [-0.05, 0) is 69.5 Å². The van der Waals surface area contributed by atoms with E-state index in [1.165, 1.54) is 0 Å². The lowest BCUT2D eigenvalue weighted by Crippen LogP contribution is -2.55. The van der Waals surface area contributed by atoms with E-state index >= 15 is 0 Å². The molecule has 248 valence electrons. The van der Waals surface area contributed by atoms with Crippen molar-refractivity contribution in [1.82, 2.24) is 25.3 Å². The Balaban J connectivity index is 0.00000386. The number of furan rings is 1. The van der Waals surface area contributed by atoms with Crippen molar-refractivity contribution in [3.63, 3.8) is 0 Å². The number of fused-ring (bicyclic) bond motifs is 3. The molecule has 3 N–H and O–H groups in total. The average molecular weight is 682 g/mol. The fourth-order valence-electron chi connectivity index (χ4n) is 5.90. The van der Waals surface area contributed by atoms with Crippen LogP contribution in [0.4, 0.5) is 0 Å². The number of benzene rings is 2. The molecule has 3 fully saturated rings. The van der Waals surface area contributed by atoms with Crippen molar-refractivity contribution >= 4 is 56.3 Å². The first-order valence-corrected chi connectivity index (χ1v) is 17.0. The molecule has 4 atom stereocenters. The third-order valence-electron chi connectivity index (χ3n) is 8.61. The molecule has 0 spiro atoms. The normalized spacial score (nSPS) is 23.7. The van der Waals surface area contributed by atoms with Crippen molar-refractivity contribution in [2.24, 2.45) is 5.92 Å². The van der Waals surface area contributed by atoms with Gasteiger partial charge in [-0.2, -0.15) is 4.98 Å². The van der Waals surface area contributed by atoms with Crippen LogP contribution in [0.5, 0.6) is 11.6 Å². The van der Waals surface area contributed by atoms with Gasteiger partial charge in [0.05, 0.1) is 17.4 Å². The topological polar surface area (TPSA) is 162 Å². The Hall–Kier alpha value is -4.20. The van der Waals surface area contributed by atoms with Crippen LogP contribution in [0.15, 0.2) is 65.6 Å². The molecule has 47 heavy (non-hydrogen) atoms. The van der Waals surface area contributed by atoms with Gasteiger partial charge in [0.25, 0.3) is 11.8 Å². The first kappa shape index (κ1) is 32.7. The maximum atomic E-state index is 13.4. The van der Waals surface area contributed by atoms with Crippen LogP contribution in [0.2, 0.25) is 0 Å². The van der Waals surface area contributed by atoms with E-state index in [1.54, 1.807) is 6.08 Å². The van der Waals surface area contributed by atoms with Crippen LogP contribution in [0.25, 0.3) is 33.5 Å². The lowest BCUT2D eigenvalue weighted by molar-refractivity contribution is -0.130. The molecule has 2 aromatic carbocycles. The highest BCUT2D eigenvalue weighted by molar-refractivity contribution is 7.91. The van der Waals surface area contributed by atoms with Crippen molar-refractivity contribution in [2.45, 2.75) is 68.6 Å². The van der Waals surface area contributed by atoms with Crippen LogP contribution in [-0.4, -0.2) is 65.8 Å². The van der Waals surface area contributed by atoms with E-state index < -0.39 is 44.8 Å². The maximum absolute atomic E-state index is 13.4. The number of rotatable bonds is 11. The monoisotopic (exact) mass is 681 g/mol. The molecule has 3 aliphatic rings. The van der Waals surface area contributed by atoms with Gasteiger partial charge in [0, 0.05) is 29.8 Å². The number of hydrogen-bond acceptors (Lipinski definition) is 10. The first-order chi connectivity index (χ1) is 22.1. The highest BCUT2D eigenvalue weighted by atomic mass is 35.5. The summed E-state index contributed by atoms with van der Waals surface area (Å²) in [6, 6.07) is 14.4. The minimum atomic E-state index is -3.77. The molecule has 1 aliphatic heterocycles. The molecule has 2 aliphatic carbocycles. The van der Waals surface area contributed by atoms with Gasteiger partial charge in [0.15, 0.2) is 5.82 Å². The second-order valence-electron chi connectivity index (χ2n) is 12.4. The summed E-state index contributed by atoms with van der Waals surface area (Å²) in [5.74, 6) is -0.0827. The average Bonchev–Trinajstić information content (AvgIpc) is 3.92. The molecule has 14 heteroatoms. The largest absolute Gasteiger partial charge is 0.491 e. The second-order valence-corrected chi connectivity index (χ2v) is 14.4. The first-order valence-electron chi connectivity index (χ1n) is 15.4. The van der Waals surface area contributed by atoms with Gasteiger partial charge in [-0.15, -0.1) is 19.0 Å². The van der Waals surface area contributed by atoms with E-state index in [2.05, 4.69) is 21.9 Å². The molecule has 0 bridgehead atoms. The molecule has 1 saturated heterocycles. The van der Waals surface area contributed by atoms with E-state index in [4.69, 9.17) is 23.9 Å². The van der Waals surface area contributed by atoms with E-state index in [1.807, 2.05) is 62.4 Å². The number of amides is 2. The Labute approximate surface area is 278 Å². The zero-order valence-electron chi connectivity index (χ0n) is 25.9. The second kappa shape index (κ2) is 12.4. The van der Waals surface area contributed by atoms with E-state index in [0.29, 0.717) is 41.9 Å². The Kier molecular flexibility index (Phi) is 8.66. The Morgan fingerprint density at radius 3 is 2.55 bits per heavy atom. The smallest absolute Gasteiger partial charge is 0.262 e. The van der Waals surface area contributed by atoms with Gasteiger partial charge < -0.3 is 24.5 Å². The SMILES string of the molecule is C=C[C@@H]1CC1(NC(=O)[C@@H]1C[C@@H](Oc2nc(-c3ccc(OC(C)C)cc3)nc3c2oc2ccccc23)CN1)C(=O)NS(=O)(=O)C1CC1.Cl. The molecule has 0 radical (unpaired) electrons. The number of aromatic nitrogens is 2. The van der Waals surface area contributed by atoms with Crippen LogP contribution in [0.1, 0.15) is 39.5 Å². The fourth-order valence-corrected chi connectivity index (χ4v) is 7.27. The van der Waals surface area contributed by atoms with Crippen LogP contribution >= 0.6 is 12.4 Å². The summed E-state index contributed by atoms with van der Waals surface area (Å²) in [4.78, 5) is 36.0. The number of carbonyl (C=O) groups is 2. The Bertz CT molecular complexity index is 1960. The molecule has 2 saturated carbocycles. The van der Waals surface area contributed by atoms with Gasteiger partial charge in [-0.25, -0.2) is 13.4 Å². The predicted molar refractivity (Wildman–Crippen MR) is 178 cm³/mol. The summed E-state index contributed by atoms with van der Waals surface area (Å²) >= 11 is 0. The standard InChI is InChI=1S/C33H35N5O7S.ClH/c1-4-20-16-33(20,32(40)38-46(41,42)23-13-14-23)37-30(39)25-15-22(17-34-25)44-31-28-27(24-7-5-6-8-26(24)45-28)35-29(36-31)19-9-11-21(12-10-19)43-18(2)3;/h4-12,18,20,22-23,25,34H,1,13-17H2,2-3H3,(H,37,39)(H,38,40);1H/t20-,22-,25+,33?;/m1./s1. The number of halogens is 1. The number of carbonyl (C=O) groups excluding carboxylic acids is 2. The van der Waals surface area contributed by atoms with Gasteiger partial charge in [0.2, 0.25) is 21.5 Å². The highest BCUT2D eigenvalue weighted by Gasteiger charge is 2.61. The lowest BCUT2D eigenvalue weighted by atomic mass is 10.1. The zero-order chi connectivity index (χ0) is 32.2.